The van der Waals surface area contributed by atoms with Crippen LogP contribution in [0.3, 0.4) is 0 Å². The van der Waals surface area contributed by atoms with Crippen LogP contribution in [0.5, 0.6) is 5.75 Å². The van der Waals surface area contributed by atoms with Crippen molar-refractivity contribution in [3.8, 4) is 5.75 Å². The predicted octanol–water partition coefficient (Wildman–Crippen LogP) is 3.58. The Kier molecular flexibility index (Phi) is 2.68. The first-order valence-corrected chi connectivity index (χ1v) is 7.52. The molecule has 3 rings (SSSR count). The number of hydrogen-bond donors (Lipinski definition) is 1. The Balaban J connectivity index is 1.87. The maximum absolute atomic E-state index is 9.86. The molecule has 0 unspecified atom stereocenters. The lowest BCUT2D eigenvalue weighted by Gasteiger charge is -2.27. The molecule has 0 saturated carbocycles. The summed E-state index contributed by atoms with van der Waals surface area (Å²) in [4.78, 5) is 2.69. The summed E-state index contributed by atoms with van der Waals surface area (Å²) in [6.07, 6.45) is 1.99. The van der Waals surface area contributed by atoms with Gasteiger partial charge in [-0.15, -0.1) is 0 Å². The molecule has 0 saturated heterocycles. The quantitative estimate of drug-likeness (QED) is 0.935. The SMILES string of the molecule is [2H]C([2H])([2H])N(CCCN1c2ccccc2CCc2cc(O)ccc21)C([2H])([2H])[2H]. The molecule has 0 aliphatic carbocycles. The van der Waals surface area contributed by atoms with Gasteiger partial charge in [0.15, 0.2) is 0 Å². The van der Waals surface area contributed by atoms with Crippen molar-refractivity contribution in [2.45, 2.75) is 19.3 Å². The van der Waals surface area contributed by atoms with E-state index in [2.05, 4.69) is 11.0 Å². The van der Waals surface area contributed by atoms with Crippen LogP contribution in [0, 0.1) is 0 Å². The molecule has 0 atom stereocenters. The standard InChI is InChI=1S/C19H24N2O/c1-20(2)12-5-13-21-18-7-4-3-6-15(18)8-9-16-14-17(22)10-11-19(16)21/h3-4,6-7,10-11,14,22H,5,8-9,12-13H2,1-2H3/i1D3,2D3. The Labute approximate surface area is 141 Å². The number of nitrogens with zero attached hydrogens (tertiary/aromatic N) is 2. The van der Waals surface area contributed by atoms with Crippen LogP contribution in [0.25, 0.3) is 0 Å². The molecule has 116 valence electrons. The topological polar surface area (TPSA) is 26.7 Å². The molecule has 0 amide bonds. The van der Waals surface area contributed by atoms with Crippen molar-refractivity contribution in [2.24, 2.45) is 0 Å². The van der Waals surface area contributed by atoms with Crippen molar-refractivity contribution >= 4 is 11.4 Å². The highest BCUT2D eigenvalue weighted by atomic mass is 16.3. The minimum Gasteiger partial charge on any atom is -0.508 e. The number of benzene rings is 2. The van der Waals surface area contributed by atoms with Crippen LogP contribution in [0.15, 0.2) is 42.5 Å². The van der Waals surface area contributed by atoms with Crippen LogP contribution in [-0.4, -0.2) is 37.0 Å². The third-order valence-corrected chi connectivity index (χ3v) is 4.06. The van der Waals surface area contributed by atoms with Gasteiger partial charge in [-0.05, 0) is 75.2 Å². The van der Waals surface area contributed by atoms with E-state index in [0.717, 1.165) is 29.8 Å². The van der Waals surface area contributed by atoms with Crippen LogP contribution in [0.1, 0.15) is 25.8 Å². The Morgan fingerprint density at radius 2 is 1.86 bits per heavy atom. The van der Waals surface area contributed by atoms with E-state index in [0.29, 0.717) is 17.9 Å². The molecular weight excluding hydrogens is 272 g/mol. The van der Waals surface area contributed by atoms with Crippen LogP contribution >= 0.6 is 0 Å². The van der Waals surface area contributed by atoms with E-state index in [-0.39, 0.29) is 12.3 Å². The molecule has 1 heterocycles. The van der Waals surface area contributed by atoms with E-state index >= 15 is 0 Å². The Bertz CT molecular complexity index is 820. The maximum Gasteiger partial charge on any atom is 0.116 e. The summed E-state index contributed by atoms with van der Waals surface area (Å²) in [6.45, 7) is -4.95. The highest BCUT2D eigenvalue weighted by Crippen LogP contribution is 2.37. The summed E-state index contributed by atoms with van der Waals surface area (Å²) < 4.78 is 45.1. The van der Waals surface area contributed by atoms with Gasteiger partial charge in [-0.25, -0.2) is 0 Å². The van der Waals surface area contributed by atoms with Gasteiger partial charge in [0, 0.05) is 26.1 Å². The Morgan fingerprint density at radius 1 is 1.09 bits per heavy atom. The third kappa shape index (κ3) is 3.09. The highest BCUT2D eigenvalue weighted by molar-refractivity contribution is 5.71. The highest BCUT2D eigenvalue weighted by Gasteiger charge is 2.20. The van der Waals surface area contributed by atoms with Gasteiger partial charge in [-0.1, -0.05) is 18.2 Å². The Hall–Kier alpha value is -2.00. The zero-order valence-electron chi connectivity index (χ0n) is 18.4. The fraction of sp³-hybridized carbons (Fsp3) is 0.368. The molecule has 0 spiro atoms. The molecule has 1 N–H and O–H groups in total. The Morgan fingerprint density at radius 3 is 2.73 bits per heavy atom. The van der Waals surface area contributed by atoms with Gasteiger partial charge in [-0.3, -0.25) is 0 Å². The van der Waals surface area contributed by atoms with Crippen molar-refractivity contribution < 1.29 is 13.3 Å². The molecule has 3 nitrogen and oxygen atoms in total. The van der Waals surface area contributed by atoms with Gasteiger partial charge < -0.3 is 14.9 Å². The molecule has 1 aliphatic rings. The smallest absolute Gasteiger partial charge is 0.116 e. The number of aryl methyl sites for hydroxylation is 2. The second-order valence-electron chi connectivity index (χ2n) is 5.60. The van der Waals surface area contributed by atoms with E-state index in [1.807, 2.05) is 24.3 Å². The van der Waals surface area contributed by atoms with Gasteiger partial charge in [0.05, 0.1) is 0 Å². The van der Waals surface area contributed by atoms with Gasteiger partial charge in [-0.2, -0.15) is 0 Å². The summed E-state index contributed by atoms with van der Waals surface area (Å²) >= 11 is 0. The largest absolute Gasteiger partial charge is 0.508 e. The van der Waals surface area contributed by atoms with E-state index in [9.17, 15) is 5.11 Å². The molecule has 3 heteroatoms. The fourth-order valence-corrected chi connectivity index (χ4v) is 3.05. The maximum atomic E-state index is 9.86. The first kappa shape index (κ1) is 9.21. The molecule has 0 aromatic heterocycles. The number of phenols is 1. The normalized spacial score (nSPS) is 18.9. The number of anilines is 2. The minimum atomic E-state index is -2.67. The van der Waals surface area contributed by atoms with E-state index in [4.69, 9.17) is 8.22 Å². The van der Waals surface area contributed by atoms with Crippen molar-refractivity contribution in [1.82, 2.24) is 4.90 Å². The van der Waals surface area contributed by atoms with Crippen LogP contribution < -0.4 is 4.90 Å². The first-order chi connectivity index (χ1) is 13.1. The van der Waals surface area contributed by atoms with E-state index in [1.165, 1.54) is 5.56 Å². The molecular formula is C19H24N2O. The van der Waals surface area contributed by atoms with Crippen LogP contribution in [-0.2, 0) is 12.8 Å². The zero-order valence-corrected chi connectivity index (χ0v) is 12.4. The summed E-state index contributed by atoms with van der Waals surface area (Å²) in [5.41, 5.74) is 4.17. The van der Waals surface area contributed by atoms with Crippen molar-refractivity contribution in [2.75, 3.05) is 31.9 Å². The van der Waals surface area contributed by atoms with Crippen LogP contribution in [0.4, 0.5) is 11.4 Å². The summed E-state index contributed by atoms with van der Waals surface area (Å²) in [5, 5.41) is 9.86. The fourth-order valence-electron chi connectivity index (χ4n) is 3.05. The van der Waals surface area contributed by atoms with Crippen molar-refractivity contribution in [1.29, 1.82) is 0 Å². The summed E-state index contributed by atoms with van der Waals surface area (Å²) in [6, 6.07) is 13.3. The number of hydrogen-bond acceptors (Lipinski definition) is 3. The van der Waals surface area contributed by atoms with Crippen LogP contribution in [0.2, 0.25) is 0 Å². The molecule has 1 aliphatic heterocycles. The lowest BCUT2D eigenvalue weighted by molar-refractivity contribution is 0.402. The number of para-hydroxylation sites is 1. The molecule has 2 aromatic carbocycles. The second kappa shape index (κ2) is 6.41. The molecule has 0 radical (unpaired) electrons. The minimum absolute atomic E-state index is 0.0704. The number of phenolic OH excluding ortho intramolecular Hbond substituents is 1. The third-order valence-electron chi connectivity index (χ3n) is 4.06. The first-order valence-electron chi connectivity index (χ1n) is 10.5. The lowest BCUT2D eigenvalue weighted by atomic mass is 10.0. The van der Waals surface area contributed by atoms with Gasteiger partial charge >= 0.3 is 0 Å². The molecule has 2 aromatic rings. The molecule has 0 bridgehead atoms. The monoisotopic (exact) mass is 302 g/mol. The zero-order chi connectivity index (χ0) is 20.5. The number of rotatable bonds is 4. The van der Waals surface area contributed by atoms with Crippen molar-refractivity contribution in [3.63, 3.8) is 0 Å². The average molecular weight is 302 g/mol. The van der Waals surface area contributed by atoms with Crippen molar-refractivity contribution in [3.05, 3.63) is 53.6 Å². The second-order valence-corrected chi connectivity index (χ2v) is 5.60. The van der Waals surface area contributed by atoms with E-state index in [1.54, 1.807) is 12.1 Å². The number of aromatic hydroxyl groups is 1. The summed E-state index contributed by atoms with van der Waals surface area (Å²) in [5.74, 6) is 0.209. The van der Waals surface area contributed by atoms with E-state index < -0.39 is 14.0 Å². The van der Waals surface area contributed by atoms with Gasteiger partial charge in [0.1, 0.15) is 5.75 Å². The van der Waals surface area contributed by atoms with Gasteiger partial charge in [0.25, 0.3) is 0 Å². The molecule has 22 heavy (non-hydrogen) atoms. The lowest BCUT2D eigenvalue weighted by Crippen LogP contribution is -2.23. The predicted molar refractivity (Wildman–Crippen MR) is 92.1 cm³/mol. The molecule has 0 fully saturated rings. The summed E-state index contributed by atoms with van der Waals surface area (Å²) in [7, 11) is 0. The van der Waals surface area contributed by atoms with Gasteiger partial charge in [0.2, 0.25) is 0 Å². The number of fused-ring (bicyclic) bond motifs is 2. The average Bonchev–Trinajstić information content (AvgIpc) is 2.73.